The summed E-state index contributed by atoms with van der Waals surface area (Å²) in [5.74, 6) is 7.23. The van der Waals surface area contributed by atoms with E-state index in [1.54, 1.807) is 23.5 Å². The number of nitrogens with two attached hydrogens (primary N) is 1. The van der Waals surface area contributed by atoms with Crippen molar-refractivity contribution in [2.24, 2.45) is 10.7 Å². The van der Waals surface area contributed by atoms with Gasteiger partial charge in [0.15, 0.2) is 17.3 Å². The van der Waals surface area contributed by atoms with Gasteiger partial charge in [-0.05, 0) is 69.4 Å². The van der Waals surface area contributed by atoms with E-state index in [0.29, 0.717) is 29.7 Å². The van der Waals surface area contributed by atoms with Crippen LogP contribution in [-0.4, -0.2) is 51.9 Å². The number of rotatable bonds is 12. The van der Waals surface area contributed by atoms with Gasteiger partial charge in [-0.3, -0.25) is 19.1 Å². The number of thiophene rings is 1. The zero-order chi connectivity index (χ0) is 32.6. The highest BCUT2D eigenvalue weighted by Crippen LogP contribution is 2.39. The van der Waals surface area contributed by atoms with Crippen LogP contribution < -0.4 is 16.4 Å². The second-order valence-corrected chi connectivity index (χ2v) is 12.8. The van der Waals surface area contributed by atoms with Crippen molar-refractivity contribution in [2.45, 2.75) is 65.3 Å². The van der Waals surface area contributed by atoms with Gasteiger partial charge in [0, 0.05) is 34.1 Å². The molecule has 0 bridgehead atoms. The Morgan fingerprint density at radius 1 is 1.00 bits per heavy atom. The monoisotopic (exact) mass is 659 g/mol. The molecule has 0 radical (unpaired) electrons. The number of aromatic nitrogens is 3. The maximum Gasteiger partial charge on any atom is 0.287 e. The molecule has 3 aromatic heterocycles. The molecule has 4 heterocycles. The lowest BCUT2D eigenvalue weighted by Gasteiger charge is -2.13. The fourth-order valence-electron chi connectivity index (χ4n) is 5.34. The fourth-order valence-corrected chi connectivity index (χ4v) is 6.68. The maximum atomic E-state index is 13.2. The summed E-state index contributed by atoms with van der Waals surface area (Å²) < 4.78 is 7.47. The van der Waals surface area contributed by atoms with Crippen LogP contribution in [0.4, 0.5) is 0 Å². The van der Waals surface area contributed by atoms with E-state index in [4.69, 9.17) is 26.7 Å². The number of amides is 2. The molecule has 0 fully saturated rings. The molecule has 10 nitrogen and oxygen atoms in total. The van der Waals surface area contributed by atoms with Crippen LogP contribution in [0.2, 0.25) is 5.02 Å². The smallest absolute Gasteiger partial charge is 0.287 e. The van der Waals surface area contributed by atoms with E-state index in [-0.39, 0.29) is 30.5 Å². The van der Waals surface area contributed by atoms with Crippen LogP contribution in [-0.2, 0) is 4.79 Å². The molecule has 0 spiro atoms. The van der Waals surface area contributed by atoms with E-state index in [1.807, 2.05) is 31.2 Å². The Labute approximate surface area is 277 Å². The number of benzene rings is 1. The molecular weight excluding hydrogens is 622 g/mol. The predicted octanol–water partition coefficient (Wildman–Crippen LogP) is 5.59. The number of hydrogen-bond donors (Lipinski definition) is 3. The summed E-state index contributed by atoms with van der Waals surface area (Å²) in [5.41, 5.74) is 9.33. The van der Waals surface area contributed by atoms with E-state index in [0.717, 1.165) is 65.3 Å². The number of furan rings is 1. The van der Waals surface area contributed by atoms with Gasteiger partial charge in [0.2, 0.25) is 5.91 Å². The van der Waals surface area contributed by atoms with Gasteiger partial charge in [-0.15, -0.1) is 21.5 Å². The van der Waals surface area contributed by atoms with E-state index >= 15 is 0 Å². The van der Waals surface area contributed by atoms with Gasteiger partial charge in [-0.2, -0.15) is 0 Å². The van der Waals surface area contributed by atoms with Crippen LogP contribution in [0.1, 0.15) is 94.1 Å². The lowest BCUT2D eigenvalue weighted by atomic mass is 9.99. The summed E-state index contributed by atoms with van der Waals surface area (Å²) >= 11 is 7.89. The molecule has 1 aliphatic rings. The molecule has 0 unspecified atom stereocenters. The second kappa shape index (κ2) is 15.4. The number of carbonyl (C=O) groups excluding carboxylic acids is 2. The van der Waals surface area contributed by atoms with Crippen molar-refractivity contribution in [2.75, 3.05) is 19.6 Å². The van der Waals surface area contributed by atoms with E-state index < -0.39 is 6.04 Å². The Morgan fingerprint density at radius 3 is 2.46 bits per heavy atom. The molecule has 4 N–H and O–H groups in total. The van der Waals surface area contributed by atoms with Crippen molar-refractivity contribution in [1.29, 1.82) is 0 Å². The van der Waals surface area contributed by atoms with Gasteiger partial charge >= 0.3 is 0 Å². The Hall–Kier alpha value is -4.24. The quantitative estimate of drug-likeness (QED) is 0.134. The molecule has 2 amide bonds. The number of halogens is 1. The summed E-state index contributed by atoms with van der Waals surface area (Å²) in [6.07, 6.45) is 4.85. The Morgan fingerprint density at radius 2 is 1.72 bits per heavy atom. The number of aryl methyl sites for hydroxylation is 2. The van der Waals surface area contributed by atoms with Crippen molar-refractivity contribution < 1.29 is 14.0 Å². The van der Waals surface area contributed by atoms with Crippen LogP contribution in [0.15, 0.2) is 45.8 Å². The SMILES string of the molecule is Cc1sc2c(c1C)C(c1ccc(Cl)cc1)=N[C@@H](CC(=O)NCCCCCCCNC(=O)c1ccc(C#CCN)o1)c1nnc(C)n1-2. The zero-order valence-corrected chi connectivity index (χ0v) is 27.9. The predicted molar refractivity (Wildman–Crippen MR) is 181 cm³/mol. The van der Waals surface area contributed by atoms with Crippen molar-refractivity contribution >= 4 is 40.5 Å². The van der Waals surface area contributed by atoms with Crippen molar-refractivity contribution in [3.05, 3.63) is 86.2 Å². The Balaban J connectivity index is 1.11. The number of carbonyl (C=O) groups is 2. The molecule has 1 aromatic carbocycles. The summed E-state index contributed by atoms with van der Waals surface area (Å²) in [7, 11) is 0. The first kappa shape index (κ1) is 33.1. The average Bonchev–Trinajstić information content (AvgIpc) is 3.73. The number of fused-ring (bicyclic) bond motifs is 3. The van der Waals surface area contributed by atoms with Crippen LogP contribution >= 0.6 is 22.9 Å². The highest BCUT2D eigenvalue weighted by atomic mass is 35.5. The topological polar surface area (TPSA) is 140 Å². The largest absolute Gasteiger partial charge is 0.443 e. The van der Waals surface area contributed by atoms with Gasteiger partial charge in [0.25, 0.3) is 5.91 Å². The summed E-state index contributed by atoms with van der Waals surface area (Å²) in [6, 6.07) is 10.4. The van der Waals surface area contributed by atoms with Gasteiger partial charge in [-0.25, -0.2) is 0 Å². The van der Waals surface area contributed by atoms with Crippen LogP contribution in [0.5, 0.6) is 0 Å². The van der Waals surface area contributed by atoms with E-state index in [9.17, 15) is 9.59 Å². The highest BCUT2D eigenvalue weighted by molar-refractivity contribution is 7.15. The van der Waals surface area contributed by atoms with Crippen LogP contribution in [0.25, 0.3) is 5.00 Å². The molecule has 1 atom stereocenters. The first-order chi connectivity index (χ1) is 22.3. The zero-order valence-electron chi connectivity index (χ0n) is 26.3. The Bertz CT molecular complexity index is 1790. The molecule has 0 saturated heterocycles. The van der Waals surface area contributed by atoms with Gasteiger partial charge in [-0.1, -0.05) is 48.9 Å². The first-order valence-corrected chi connectivity index (χ1v) is 16.7. The third-order valence-electron chi connectivity index (χ3n) is 7.84. The van der Waals surface area contributed by atoms with Gasteiger partial charge in [0.05, 0.1) is 18.7 Å². The molecule has 46 heavy (non-hydrogen) atoms. The molecule has 4 aromatic rings. The lowest BCUT2D eigenvalue weighted by Crippen LogP contribution is -2.26. The third kappa shape index (κ3) is 7.76. The second-order valence-electron chi connectivity index (χ2n) is 11.2. The fraction of sp³-hybridized carbons (Fsp3) is 0.382. The first-order valence-electron chi connectivity index (χ1n) is 15.5. The number of aliphatic imine (C=N–C) groups is 1. The Kier molecular flexibility index (Phi) is 11.1. The molecule has 1 aliphatic heterocycles. The summed E-state index contributed by atoms with van der Waals surface area (Å²) in [5, 5.41) is 16.5. The standard InChI is InChI=1S/C34H38ClN7O3S/c1-21-22(2)46-34-30(21)31(24-11-13-25(35)14-12-24)39-27(32-41-40-23(3)42(32)34)20-29(43)37-18-7-5-4-6-8-19-38-33(44)28-16-15-26(45-28)10-9-17-36/h11-16,27H,4-8,17-20,36H2,1-3H3,(H,37,43)(H,38,44)/t27-/m0/s1. The number of hydrogen-bond acceptors (Lipinski definition) is 8. The number of nitrogens with one attached hydrogen (secondary N) is 2. The van der Waals surface area contributed by atoms with Gasteiger partial charge in [0.1, 0.15) is 16.9 Å². The van der Waals surface area contributed by atoms with Crippen LogP contribution in [0.3, 0.4) is 0 Å². The molecule has 240 valence electrons. The van der Waals surface area contributed by atoms with Crippen molar-refractivity contribution in [1.82, 2.24) is 25.4 Å². The lowest BCUT2D eigenvalue weighted by molar-refractivity contribution is -0.121. The van der Waals surface area contributed by atoms with Crippen molar-refractivity contribution in [3.8, 4) is 16.8 Å². The minimum Gasteiger partial charge on any atom is -0.443 e. The van der Waals surface area contributed by atoms with Crippen LogP contribution in [0, 0.1) is 32.6 Å². The summed E-state index contributed by atoms with van der Waals surface area (Å²) in [6.45, 7) is 7.53. The third-order valence-corrected chi connectivity index (χ3v) is 9.29. The normalized spacial score (nSPS) is 13.6. The summed E-state index contributed by atoms with van der Waals surface area (Å²) in [4.78, 5) is 31.8. The number of nitrogens with zero attached hydrogens (tertiary/aromatic N) is 4. The number of unbranched alkanes of at least 4 members (excludes halogenated alkanes) is 4. The minimum atomic E-state index is -0.493. The highest BCUT2D eigenvalue weighted by Gasteiger charge is 2.32. The molecular formula is C34H38ClN7O3S. The van der Waals surface area contributed by atoms with Crippen molar-refractivity contribution in [3.63, 3.8) is 0 Å². The molecule has 0 saturated carbocycles. The van der Waals surface area contributed by atoms with E-state index in [1.165, 1.54) is 4.88 Å². The molecule has 12 heteroatoms. The van der Waals surface area contributed by atoms with Gasteiger partial charge < -0.3 is 20.8 Å². The minimum absolute atomic E-state index is 0.0765. The van der Waals surface area contributed by atoms with E-state index in [2.05, 4.69) is 51.1 Å². The average molecular weight is 660 g/mol. The molecule has 5 rings (SSSR count). The molecule has 0 aliphatic carbocycles. The maximum absolute atomic E-state index is 13.2.